The summed E-state index contributed by atoms with van der Waals surface area (Å²) in [5.41, 5.74) is 1.32. The van der Waals surface area contributed by atoms with E-state index in [0.29, 0.717) is 12.1 Å². The number of hydrogen-bond donors (Lipinski definition) is 1. The van der Waals surface area contributed by atoms with Crippen LogP contribution in [0.15, 0.2) is 30.3 Å². The van der Waals surface area contributed by atoms with Gasteiger partial charge in [0.1, 0.15) is 0 Å². The molecular weight excluding hydrogens is 234 g/mol. The maximum atomic E-state index is 6.30. The molecule has 19 heavy (non-hydrogen) atoms. The van der Waals surface area contributed by atoms with Crippen molar-refractivity contribution in [3.05, 3.63) is 35.9 Å². The first-order valence-corrected chi connectivity index (χ1v) is 7.81. The summed E-state index contributed by atoms with van der Waals surface area (Å²) >= 11 is 0. The van der Waals surface area contributed by atoms with Gasteiger partial charge in [0, 0.05) is 12.1 Å². The molecular formula is C17H25NO. The standard InChI is InChI=1S/C17H25NO/c1-2-15-17(13-8-4-3-5-9-13)19-12-14-10-6-7-11-16(14)18-15/h3-5,8-9,14-18H,2,6-7,10-12H2,1H3. The molecule has 2 fully saturated rings. The lowest BCUT2D eigenvalue weighted by molar-refractivity contribution is 0.0227. The second kappa shape index (κ2) is 6.06. The molecule has 1 saturated carbocycles. The van der Waals surface area contributed by atoms with E-state index in [2.05, 4.69) is 42.6 Å². The number of hydrogen-bond acceptors (Lipinski definition) is 2. The fraction of sp³-hybridized carbons (Fsp3) is 0.647. The molecule has 0 aromatic heterocycles. The van der Waals surface area contributed by atoms with E-state index in [-0.39, 0.29) is 6.10 Å². The van der Waals surface area contributed by atoms with Crippen molar-refractivity contribution >= 4 is 0 Å². The van der Waals surface area contributed by atoms with E-state index in [0.717, 1.165) is 18.9 Å². The van der Waals surface area contributed by atoms with Crippen LogP contribution in [-0.2, 0) is 4.74 Å². The Bertz CT molecular complexity index is 392. The van der Waals surface area contributed by atoms with Gasteiger partial charge in [0.2, 0.25) is 0 Å². The number of rotatable bonds is 2. The van der Waals surface area contributed by atoms with E-state index in [1.54, 1.807) is 0 Å². The lowest BCUT2D eigenvalue weighted by Crippen LogP contribution is -2.44. The molecule has 0 radical (unpaired) electrons. The highest BCUT2D eigenvalue weighted by Gasteiger charge is 2.34. The average molecular weight is 259 g/mol. The number of ether oxygens (including phenoxy) is 1. The van der Waals surface area contributed by atoms with Crippen molar-refractivity contribution in [3.8, 4) is 0 Å². The summed E-state index contributed by atoms with van der Waals surface area (Å²) in [6, 6.07) is 11.8. The fourth-order valence-corrected chi connectivity index (χ4v) is 3.64. The zero-order valence-electron chi connectivity index (χ0n) is 11.8. The van der Waals surface area contributed by atoms with Gasteiger partial charge >= 0.3 is 0 Å². The van der Waals surface area contributed by atoms with Gasteiger partial charge in [0.25, 0.3) is 0 Å². The topological polar surface area (TPSA) is 21.3 Å². The highest BCUT2D eigenvalue weighted by atomic mass is 16.5. The molecule has 1 saturated heterocycles. The van der Waals surface area contributed by atoms with Gasteiger partial charge in [-0.2, -0.15) is 0 Å². The van der Waals surface area contributed by atoms with Gasteiger partial charge in [-0.1, -0.05) is 50.1 Å². The first-order chi connectivity index (χ1) is 9.38. The molecule has 1 aliphatic carbocycles. The highest BCUT2D eigenvalue weighted by molar-refractivity contribution is 5.19. The number of benzene rings is 1. The number of nitrogens with one attached hydrogen (secondary N) is 1. The summed E-state index contributed by atoms with van der Waals surface area (Å²) in [6.45, 7) is 3.19. The van der Waals surface area contributed by atoms with Crippen molar-refractivity contribution in [1.29, 1.82) is 0 Å². The molecule has 1 aromatic carbocycles. The molecule has 1 heterocycles. The van der Waals surface area contributed by atoms with E-state index in [1.165, 1.54) is 31.2 Å². The molecule has 0 bridgehead atoms. The van der Waals surface area contributed by atoms with E-state index in [4.69, 9.17) is 4.74 Å². The van der Waals surface area contributed by atoms with Crippen molar-refractivity contribution in [2.45, 2.75) is 57.2 Å². The van der Waals surface area contributed by atoms with E-state index < -0.39 is 0 Å². The molecule has 0 spiro atoms. The zero-order valence-corrected chi connectivity index (χ0v) is 11.8. The predicted molar refractivity (Wildman–Crippen MR) is 78.1 cm³/mol. The van der Waals surface area contributed by atoms with E-state index >= 15 is 0 Å². The molecule has 0 amide bonds. The summed E-state index contributed by atoms with van der Waals surface area (Å²) < 4.78 is 6.30. The molecule has 4 unspecified atom stereocenters. The Balaban J connectivity index is 1.80. The second-order valence-electron chi connectivity index (χ2n) is 6.00. The minimum Gasteiger partial charge on any atom is -0.372 e. The van der Waals surface area contributed by atoms with Gasteiger partial charge < -0.3 is 10.1 Å². The molecule has 1 aromatic rings. The Kier molecular flexibility index (Phi) is 4.19. The van der Waals surface area contributed by atoms with Crippen LogP contribution in [0.5, 0.6) is 0 Å². The van der Waals surface area contributed by atoms with Crippen LogP contribution in [0.2, 0.25) is 0 Å². The summed E-state index contributed by atoms with van der Waals surface area (Å²) in [7, 11) is 0. The molecule has 104 valence electrons. The lowest BCUT2D eigenvalue weighted by Gasteiger charge is -2.31. The lowest BCUT2D eigenvalue weighted by atomic mass is 9.85. The highest BCUT2D eigenvalue weighted by Crippen LogP contribution is 2.33. The van der Waals surface area contributed by atoms with Crippen LogP contribution >= 0.6 is 0 Å². The molecule has 3 rings (SSSR count). The van der Waals surface area contributed by atoms with Crippen molar-refractivity contribution < 1.29 is 4.74 Å². The van der Waals surface area contributed by atoms with Crippen LogP contribution in [0.4, 0.5) is 0 Å². The Hall–Kier alpha value is -0.860. The summed E-state index contributed by atoms with van der Waals surface area (Å²) in [5, 5.41) is 3.89. The molecule has 2 nitrogen and oxygen atoms in total. The van der Waals surface area contributed by atoms with Crippen LogP contribution in [0.1, 0.15) is 50.7 Å². The van der Waals surface area contributed by atoms with Crippen molar-refractivity contribution in [2.75, 3.05) is 6.61 Å². The molecule has 1 aliphatic heterocycles. The van der Waals surface area contributed by atoms with Gasteiger partial charge in [0.15, 0.2) is 0 Å². The van der Waals surface area contributed by atoms with Crippen LogP contribution in [0.3, 0.4) is 0 Å². The third-order valence-corrected chi connectivity index (χ3v) is 4.76. The number of fused-ring (bicyclic) bond motifs is 1. The minimum absolute atomic E-state index is 0.219. The third kappa shape index (κ3) is 2.85. The maximum Gasteiger partial charge on any atom is 0.0977 e. The van der Waals surface area contributed by atoms with Crippen molar-refractivity contribution in [1.82, 2.24) is 5.32 Å². The monoisotopic (exact) mass is 259 g/mol. The Labute approximate surface area is 116 Å². The van der Waals surface area contributed by atoms with Gasteiger partial charge in [-0.3, -0.25) is 0 Å². The van der Waals surface area contributed by atoms with Gasteiger partial charge in [0.05, 0.1) is 12.7 Å². The summed E-state index contributed by atoms with van der Waals surface area (Å²) in [5.74, 6) is 0.719. The normalized spacial score (nSPS) is 35.4. The Morgan fingerprint density at radius 2 is 1.95 bits per heavy atom. The van der Waals surface area contributed by atoms with Crippen LogP contribution in [0.25, 0.3) is 0 Å². The van der Waals surface area contributed by atoms with Gasteiger partial charge in [-0.25, -0.2) is 0 Å². The second-order valence-corrected chi connectivity index (χ2v) is 6.00. The average Bonchev–Trinajstić information content (AvgIpc) is 2.67. The first kappa shape index (κ1) is 13.1. The molecule has 2 aliphatic rings. The SMILES string of the molecule is CCC1NC2CCCCC2COC1c1ccccc1. The molecule has 2 heteroatoms. The van der Waals surface area contributed by atoms with Gasteiger partial charge in [-0.15, -0.1) is 0 Å². The van der Waals surface area contributed by atoms with Crippen LogP contribution in [0, 0.1) is 5.92 Å². The zero-order chi connectivity index (χ0) is 13.1. The maximum absolute atomic E-state index is 6.30. The van der Waals surface area contributed by atoms with Crippen molar-refractivity contribution in [2.24, 2.45) is 5.92 Å². The van der Waals surface area contributed by atoms with E-state index in [9.17, 15) is 0 Å². The third-order valence-electron chi connectivity index (χ3n) is 4.76. The van der Waals surface area contributed by atoms with E-state index in [1.807, 2.05) is 0 Å². The first-order valence-electron chi connectivity index (χ1n) is 7.81. The summed E-state index contributed by atoms with van der Waals surface area (Å²) in [4.78, 5) is 0. The molecule has 4 atom stereocenters. The molecule has 1 N–H and O–H groups in total. The summed E-state index contributed by atoms with van der Waals surface area (Å²) in [6.07, 6.45) is 6.75. The smallest absolute Gasteiger partial charge is 0.0977 e. The quantitative estimate of drug-likeness (QED) is 0.874. The van der Waals surface area contributed by atoms with Gasteiger partial charge in [-0.05, 0) is 30.7 Å². The largest absolute Gasteiger partial charge is 0.372 e. The Morgan fingerprint density at radius 3 is 2.74 bits per heavy atom. The Morgan fingerprint density at radius 1 is 1.16 bits per heavy atom. The minimum atomic E-state index is 0.219. The van der Waals surface area contributed by atoms with Crippen LogP contribution in [-0.4, -0.2) is 18.7 Å². The fourth-order valence-electron chi connectivity index (χ4n) is 3.64. The van der Waals surface area contributed by atoms with Crippen molar-refractivity contribution in [3.63, 3.8) is 0 Å². The van der Waals surface area contributed by atoms with Crippen LogP contribution < -0.4 is 5.32 Å². The predicted octanol–water partition coefficient (Wildman–Crippen LogP) is 3.68.